The lowest BCUT2D eigenvalue weighted by Crippen LogP contribution is -2.34. The summed E-state index contributed by atoms with van der Waals surface area (Å²) in [4.78, 5) is 0. The first-order valence-electron chi connectivity index (χ1n) is 7.48. The molecule has 1 N–H and O–H groups in total. The van der Waals surface area contributed by atoms with Gasteiger partial charge >= 0.3 is 0 Å². The van der Waals surface area contributed by atoms with Crippen LogP contribution in [0.5, 0.6) is 0 Å². The van der Waals surface area contributed by atoms with E-state index in [9.17, 15) is 0 Å². The number of hydrogen-bond acceptors (Lipinski definition) is 2. The number of rotatable bonds is 11. The Bertz CT molecular complexity index is 161. The first-order chi connectivity index (χ1) is 8.13. The summed E-state index contributed by atoms with van der Waals surface area (Å²) in [6, 6.07) is 0.718. The van der Waals surface area contributed by atoms with Crippen LogP contribution >= 0.6 is 11.8 Å². The van der Waals surface area contributed by atoms with E-state index in [4.69, 9.17) is 0 Å². The van der Waals surface area contributed by atoms with Gasteiger partial charge in [-0.2, -0.15) is 11.8 Å². The second-order valence-electron chi connectivity index (χ2n) is 5.33. The van der Waals surface area contributed by atoms with Crippen LogP contribution in [-0.2, 0) is 0 Å². The van der Waals surface area contributed by atoms with Gasteiger partial charge in [-0.25, -0.2) is 0 Å². The Balaban J connectivity index is 3.94. The van der Waals surface area contributed by atoms with E-state index in [1.807, 2.05) is 0 Å². The summed E-state index contributed by atoms with van der Waals surface area (Å²) in [5.41, 5.74) is 0. The third kappa shape index (κ3) is 9.96. The SMILES string of the molecule is CCCNC(CSC(C)CC)CC(C)CCC. The summed E-state index contributed by atoms with van der Waals surface area (Å²) < 4.78 is 0. The van der Waals surface area contributed by atoms with Gasteiger partial charge in [0.05, 0.1) is 0 Å². The van der Waals surface area contributed by atoms with Crippen LogP contribution < -0.4 is 5.32 Å². The fraction of sp³-hybridized carbons (Fsp3) is 1.00. The predicted octanol–water partition coefficient (Wildman–Crippen LogP) is 4.71. The molecule has 0 aliphatic heterocycles. The van der Waals surface area contributed by atoms with Crippen molar-refractivity contribution in [1.29, 1.82) is 0 Å². The van der Waals surface area contributed by atoms with E-state index in [-0.39, 0.29) is 0 Å². The molecule has 0 spiro atoms. The normalized spacial score (nSPS) is 16.8. The van der Waals surface area contributed by atoms with E-state index >= 15 is 0 Å². The van der Waals surface area contributed by atoms with Gasteiger partial charge in [-0.3, -0.25) is 0 Å². The van der Waals surface area contributed by atoms with E-state index in [0.717, 1.165) is 17.2 Å². The van der Waals surface area contributed by atoms with Crippen molar-refractivity contribution in [3.63, 3.8) is 0 Å². The molecule has 0 amide bonds. The van der Waals surface area contributed by atoms with Crippen molar-refractivity contribution >= 4 is 11.8 Å². The molecular weight excluding hydrogens is 226 g/mol. The molecule has 2 heteroatoms. The molecule has 0 aliphatic carbocycles. The minimum atomic E-state index is 0.718. The molecule has 17 heavy (non-hydrogen) atoms. The average Bonchev–Trinajstić information content (AvgIpc) is 2.32. The molecule has 1 nitrogen and oxygen atoms in total. The van der Waals surface area contributed by atoms with Crippen molar-refractivity contribution in [3.05, 3.63) is 0 Å². The van der Waals surface area contributed by atoms with E-state index in [2.05, 4.69) is 51.7 Å². The van der Waals surface area contributed by atoms with Crippen LogP contribution in [0.25, 0.3) is 0 Å². The summed E-state index contributed by atoms with van der Waals surface area (Å²) in [7, 11) is 0. The smallest absolute Gasteiger partial charge is 0.0160 e. The van der Waals surface area contributed by atoms with E-state index in [0.29, 0.717) is 0 Å². The highest BCUT2D eigenvalue weighted by Crippen LogP contribution is 2.19. The van der Waals surface area contributed by atoms with Crippen LogP contribution in [0.2, 0.25) is 0 Å². The summed E-state index contributed by atoms with van der Waals surface area (Å²) in [5, 5.41) is 4.53. The standard InChI is InChI=1S/C15H33NS/c1-6-9-13(4)11-15(16-10-7-2)12-17-14(5)8-3/h13-16H,6-12H2,1-5H3. The molecule has 0 aliphatic rings. The van der Waals surface area contributed by atoms with Gasteiger partial charge in [0.1, 0.15) is 0 Å². The quantitative estimate of drug-likeness (QED) is 0.576. The van der Waals surface area contributed by atoms with Crippen LogP contribution in [0.15, 0.2) is 0 Å². The maximum atomic E-state index is 3.72. The van der Waals surface area contributed by atoms with Gasteiger partial charge < -0.3 is 5.32 Å². The molecule has 0 heterocycles. The Morgan fingerprint density at radius 3 is 2.29 bits per heavy atom. The first kappa shape index (κ1) is 17.3. The van der Waals surface area contributed by atoms with Gasteiger partial charge in [-0.1, -0.05) is 47.5 Å². The van der Waals surface area contributed by atoms with Crippen molar-refractivity contribution < 1.29 is 0 Å². The third-order valence-corrected chi connectivity index (χ3v) is 4.81. The number of hydrogen-bond donors (Lipinski definition) is 1. The lowest BCUT2D eigenvalue weighted by Gasteiger charge is -2.23. The fourth-order valence-electron chi connectivity index (χ4n) is 2.05. The van der Waals surface area contributed by atoms with E-state index in [1.165, 1.54) is 44.4 Å². The maximum Gasteiger partial charge on any atom is 0.0160 e. The molecule has 0 saturated heterocycles. The van der Waals surface area contributed by atoms with Gasteiger partial charge in [-0.15, -0.1) is 0 Å². The molecule has 0 bridgehead atoms. The van der Waals surface area contributed by atoms with Crippen molar-refractivity contribution in [3.8, 4) is 0 Å². The zero-order chi connectivity index (χ0) is 13.1. The topological polar surface area (TPSA) is 12.0 Å². The highest BCUT2D eigenvalue weighted by molar-refractivity contribution is 7.99. The zero-order valence-corrected chi connectivity index (χ0v) is 13.4. The Hall–Kier alpha value is 0.310. The summed E-state index contributed by atoms with van der Waals surface area (Å²) in [6.45, 7) is 12.7. The van der Waals surface area contributed by atoms with Gasteiger partial charge in [0.15, 0.2) is 0 Å². The minimum Gasteiger partial charge on any atom is -0.313 e. The Morgan fingerprint density at radius 2 is 1.76 bits per heavy atom. The summed E-state index contributed by atoms with van der Waals surface area (Å²) in [5.74, 6) is 2.15. The molecule has 0 fully saturated rings. The minimum absolute atomic E-state index is 0.718. The largest absolute Gasteiger partial charge is 0.313 e. The van der Waals surface area contributed by atoms with Crippen molar-refractivity contribution in [2.75, 3.05) is 12.3 Å². The average molecular weight is 260 g/mol. The number of thioether (sulfide) groups is 1. The van der Waals surface area contributed by atoms with Crippen LogP contribution in [0.1, 0.15) is 66.7 Å². The van der Waals surface area contributed by atoms with Crippen molar-refractivity contribution in [1.82, 2.24) is 5.32 Å². The monoisotopic (exact) mass is 259 g/mol. The van der Waals surface area contributed by atoms with Gasteiger partial charge in [0, 0.05) is 17.0 Å². The molecule has 0 aromatic rings. The Labute approximate surface area is 114 Å². The van der Waals surface area contributed by atoms with Crippen molar-refractivity contribution in [2.24, 2.45) is 5.92 Å². The van der Waals surface area contributed by atoms with Crippen molar-refractivity contribution in [2.45, 2.75) is 78.0 Å². The van der Waals surface area contributed by atoms with E-state index < -0.39 is 0 Å². The third-order valence-electron chi connectivity index (χ3n) is 3.31. The van der Waals surface area contributed by atoms with Gasteiger partial charge in [-0.05, 0) is 31.7 Å². The molecule has 0 aromatic carbocycles. The van der Waals surface area contributed by atoms with Gasteiger partial charge in [0.25, 0.3) is 0 Å². The maximum absolute atomic E-state index is 3.72. The first-order valence-corrected chi connectivity index (χ1v) is 8.53. The Kier molecular flexibility index (Phi) is 11.6. The predicted molar refractivity (Wildman–Crippen MR) is 83.0 cm³/mol. The molecule has 0 saturated carbocycles. The second kappa shape index (κ2) is 11.4. The molecule has 0 radical (unpaired) electrons. The molecular formula is C15H33NS. The number of nitrogens with one attached hydrogen (secondary N) is 1. The molecule has 0 aromatic heterocycles. The lowest BCUT2D eigenvalue weighted by molar-refractivity contribution is 0.404. The summed E-state index contributed by atoms with van der Waals surface area (Å²) >= 11 is 2.13. The molecule has 3 unspecified atom stereocenters. The second-order valence-corrected chi connectivity index (χ2v) is 6.80. The fourth-order valence-corrected chi connectivity index (χ4v) is 3.10. The van der Waals surface area contributed by atoms with Crippen LogP contribution in [0.4, 0.5) is 0 Å². The van der Waals surface area contributed by atoms with Gasteiger partial charge in [0.2, 0.25) is 0 Å². The summed E-state index contributed by atoms with van der Waals surface area (Å²) in [6.07, 6.45) is 6.57. The lowest BCUT2D eigenvalue weighted by atomic mass is 9.98. The van der Waals surface area contributed by atoms with E-state index in [1.54, 1.807) is 0 Å². The molecule has 0 rings (SSSR count). The highest BCUT2D eigenvalue weighted by Gasteiger charge is 2.13. The zero-order valence-electron chi connectivity index (χ0n) is 12.6. The van der Waals surface area contributed by atoms with Crippen LogP contribution in [-0.4, -0.2) is 23.6 Å². The molecule has 3 atom stereocenters. The van der Waals surface area contributed by atoms with Crippen LogP contribution in [0.3, 0.4) is 0 Å². The van der Waals surface area contributed by atoms with Crippen LogP contribution in [0, 0.1) is 5.92 Å². The molecule has 104 valence electrons. The highest BCUT2D eigenvalue weighted by atomic mass is 32.2. The Morgan fingerprint density at radius 1 is 1.06 bits per heavy atom.